The van der Waals surface area contributed by atoms with Crippen molar-refractivity contribution >= 4 is 11.6 Å². The van der Waals surface area contributed by atoms with Crippen LogP contribution < -0.4 is 10.6 Å². The fourth-order valence-electron chi connectivity index (χ4n) is 2.64. The summed E-state index contributed by atoms with van der Waals surface area (Å²) in [5.74, 6) is 1.74. The van der Waals surface area contributed by atoms with Crippen molar-refractivity contribution in [2.75, 3.05) is 30.8 Å². The van der Waals surface area contributed by atoms with E-state index in [2.05, 4.69) is 15.6 Å². The summed E-state index contributed by atoms with van der Waals surface area (Å²) in [5.41, 5.74) is 0.0512. The fraction of sp³-hybridized carbons (Fsp3) is 0.643. The van der Waals surface area contributed by atoms with Gasteiger partial charge in [-0.15, -0.1) is 0 Å². The zero-order valence-corrected chi connectivity index (χ0v) is 11.1. The second kappa shape index (κ2) is 6.05. The average Bonchev–Trinajstić information content (AvgIpc) is 2.46. The summed E-state index contributed by atoms with van der Waals surface area (Å²) in [5, 5.41) is 16.0. The van der Waals surface area contributed by atoms with Crippen molar-refractivity contribution in [2.45, 2.75) is 32.1 Å². The Labute approximate surface area is 109 Å². The van der Waals surface area contributed by atoms with Crippen LogP contribution >= 0.6 is 0 Å². The van der Waals surface area contributed by atoms with Crippen molar-refractivity contribution in [1.82, 2.24) is 4.98 Å². The van der Waals surface area contributed by atoms with Gasteiger partial charge in [-0.2, -0.15) is 0 Å². The minimum Gasteiger partial charge on any atom is -0.396 e. The molecule has 0 spiro atoms. The van der Waals surface area contributed by atoms with Crippen LogP contribution in [-0.2, 0) is 0 Å². The van der Waals surface area contributed by atoms with Gasteiger partial charge in [0, 0.05) is 19.0 Å². The van der Waals surface area contributed by atoms with Crippen molar-refractivity contribution < 1.29 is 5.11 Å². The average molecular weight is 249 g/mol. The van der Waals surface area contributed by atoms with Crippen LogP contribution in [0.3, 0.4) is 0 Å². The molecule has 1 saturated carbocycles. The number of nitrogens with zero attached hydrogens (tertiary/aromatic N) is 1. The molecule has 1 aliphatic rings. The summed E-state index contributed by atoms with van der Waals surface area (Å²) in [4.78, 5) is 4.44. The SMILES string of the molecule is CNc1cccc(NCC2(CO)CCCCC2)n1. The van der Waals surface area contributed by atoms with Gasteiger partial charge in [0.2, 0.25) is 0 Å². The van der Waals surface area contributed by atoms with Gasteiger partial charge in [0.05, 0.1) is 6.61 Å². The summed E-state index contributed by atoms with van der Waals surface area (Å²) < 4.78 is 0. The summed E-state index contributed by atoms with van der Waals surface area (Å²) in [6.45, 7) is 1.08. The zero-order chi connectivity index (χ0) is 12.8. The number of aromatic nitrogens is 1. The Morgan fingerprint density at radius 1 is 1.22 bits per heavy atom. The number of nitrogens with one attached hydrogen (secondary N) is 2. The molecule has 4 heteroatoms. The van der Waals surface area contributed by atoms with Crippen LogP contribution in [0, 0.1) is 5.41 Å². The van der Waals surface area contributed by atoms with E-state index in [4.69, 9.17) is 0 Å². The van der Waals surface area contributed by atoms with E-state index in [1.165, 1.54) is 19.3 Å². The van der Waals surface area contributed by atoms with Crippen LogP contribution in [0.2, 0.25) is 0 Å². The highest BCUT2D eigenvalue weighted by Gasteiger charge is 2.31. The molecule has 4 nitrogen and oxygen atoms in total. The predicted molar refractivity (Wildman–Crippen MR) is 74.9 cm³/mol. The van der Waals surface area contributed by atoms with E-state index in [-0.39, 0.29) is 12.0 Å². The lowest BCUT2D eigenvalue weighted by Gasteiger charge is -2.35. The second-order valence-corrected chi connectivity index (χ2v) is 5.23. The van der Waals surface area contributed by atoms with Crippen molar-refractivity contribution in [3.63, 3.8) is 0 Å². The number of hydrogen-bond acceptors (Lipinski definition) is 4. The number of anilines is 2. The van der Waals surface area contributed by atoms with E-state index in [0.717, 1.165) is 31.0 Å². The van der Waals surface area contributed by atoms with E-state index in [9.17, 15) is 5.11 Å². The summed E-state index contributed by atoms with van der Waals surface area (Å²) in [6, 6.07) is 5.88. The lowest BCUT2D eigenvalue weighted by molar-refractivity contribution is 0.0943. The highest BCUT2D eigenvalue weighted by atomic mass is 16.3. The lowest BCUT2D eigenvalue weighted by Crippen LogP contribution is -2.35. The maximum atomic E-state index is 9.65. The topological polar surface area (TPSA) is 57.2 Å². The number of pyridine rings is 1. The molecule has 1 aliphatic carbocycles. The van der Waals surface area contributed by atoms with Crippen LogP contribution in [0.15, 0.2) is 18.2 Å². The molecule has 1 fully saturated rings. The summed E-state index contributed by atoms with van der Waals surface area (Å²) in [6.07, 6.45) is 5.98. The zero-order valence-electron chi connectivity index (χ0n) is 11.1. The van der Waals surface area contributed by atoms with Gasteiger partial charge in [-0.3, -0.25) is 0 Å². The molecule has 0 bridgehead atoms. The molecule has 100 valence electrons. The van der Waals surface area contributed by atoms with Crippen molar-refractivity contribution in [2.24, 2.45) is 5.41 Å². The smallest absolute Gasteiger partial charge is 0.128 e. The first kappa shape index (κ1) is 13.1. The highest BCUT2D eigenvalue weighted by molar-refractivity contribution is 5.44. The van der Waals surface area contributed by atoms with Crippen LogP contribution in [0.5, 0.6) is 0 Å². The molecule has 1 heterocycles. The van der Waals surface area contributed by atoms with E-state index in [1.807, 2.05) is 25.2 Å². The van der Waals surface area contributed by atoms with Gasteiger partial charge in [-0.05, 0) is 25.0 Å². The van der Waals surface area contributed by atoms with Gasteiger partial charge in [0.25, 0.3) is 0 Å². The largest absolute Gasteiger partial charge is 0.396 e. The molecule has 1 aromatic rings. The van der Waals surface area contributed by atoms with Crippen LogP contribution in [0.4, 0.5) is 11.6 Å². The third-order valence-corrected chi connectivity index (χ3v) is 3.90. The summed E-state index contributed by atoms with van der Waals surface area (Å²) in [7, 11) is 1.86. The Balaban J connectivity index is 1.96. The van der Waals surface area contributed by atoms with Gasteiger partial charge >= 0.3 is 0 Å². The first-order valence-corrected chi connectivity index (χ1v) is 6.78. The Morgan fingerprint density at radius 3 is 2.61 bits per heavy atom. The minimum atomic E-state index is 0.0512. The van der Waals surface area contributed by atoms with E-state index < -0.39 is 0 Å². The van der Waals surface area contributed by atoms with Gasteiger partial charge < -0.3 is 15.7 Å². The van der Waals surface area contributed by atoms with Crippen LogP contribution in [0.1, 0.15) is 32.1 Å². The number of aliphatic hydroxyl groups excluding tert-OH is 1. The van der Waals surface area contributed by atoms with Crippen molar-refractivity contribution in [1.29, 1.82) is 0 Å². The van der Waals surface area contributed by atoms with Crippen LogP contribution in [0.25, 0.3) is 0 Å². The molecule has 3 N–H and O–H groups in total. The maximum Gasteiger partial charge on any atom is 0.128 e. The molecule has 0 amide bonds. The first-order valence-electron chi connectivity index (χ1n) is 6.78. The molecule has 1 aromatic heterocycles. The van der Waals surface area contributed by atoms with E-state index >= 15 is 0 Å². The molecule has 0 radical (unpaired) electrons. The van der Waals surface area contributed by atoms with E-state index in [1.54, 1.807) is 0 Å². The molecule has 0 aliphatic heterocycles. The fourth-order valence-corrected chi connectivity index (χ4v) is 2.64. The number of rotatable bonds is 5. The normalized spacial score (nSPS) is 18.3. The molecule has 0 unspecified atom stereocenters. The Bertz CT molecular complexity index is 375. The highest BCUT2D eigenvalue weighted by Crippen LogP contribution is 2.35. The Kier molecular flexibility index (Phi) is 4.42. The third kappa shape index (κ3) is 3.13. The molecule has 0 saturated heterocycles. The number of aliphatic hydroxyl groups is 1. The van der Waals surface area contributed by atoms with Crippen molar-refractivity contribution in [3.8, 4) is 0 Å². The minimum absolute atomic E-state index is 0.0512. The maximum absolute atomic E-state index is 9.65. The van der Waals surface area contributed by atoms with Crippen LogP contribution in [-0.4, -0.2) is 30.3 Å². The Hall–Kier alpha value is -1.29. The predicted octanol–water partition coefficient (Wildman–Crippen LogP) is 2.48. The van der Waals surface area contributed by atoms with E-state index in [0.29, 0.717) is 0 Å². The molecule has 0 aromatic carbocycles. The standard InChI is InChI=1S/C14H23N3O/c1-15-12-6-5-7-13(17-12)16-10-14(11-18)8-3-2-4-9-14/h5-7,18H,2-4,8-11H2,1H3,(H2,15,16,17). The van der Waals surface area contributed by atoms with Gasteiger partial charge in [-0.25, -0.2) is 4.98 Å². The quantitative estimate of drug-likeness (QED) is 0.750. The third-order valence-electron chi connectivity index (χ3n) is 3.90. The summed E-state index contributed by atoms with van der Waals surface area (Å²) >= 11 is 0. The first-order chi connectivity index (χ1) is 8.78. The Morgan fingerprint density at radius 2 is 1.94 bits per heavy atom. The number of hydrogen-bond donors (Lipinski definition) is 3. The molecular formula is C14H23N3O. The lowest BCUT2D eigenvalue weighted by atomic mass is 9.74. The molecule has 2 rings (SSSR count). The van der Waals surface area contributed by atoms with Gasteiger partial charge in [-0.1, -0.05) is 25.3 Å². The second-order valence-electron chi connectivity index (χ2n) is 5.23. The molecular weight excluding hydrogens is 226 g/mol. The van der Waals surface area contributed by atoms with Gasteiger partial charge in [0.15, 0.2) is 0 Å². The van der Waals surface area contributed by atoms with Gasteiger partial charge in [0.1, 0.15) is 11.6 Å². The molecule has 0 atom stereocenters. The monoisotopic (exact) mass is 249 g/mol. The van der Waals surface area contributed by atoms with Crippen molar-refractivity contribution in [3.05, 3.63) is 18.2 Å². The molecule has 18 heavy (non-hydrogen) atoms.